The number of Topliss-reactive ketones (excluding diaryl/α,β-unsaturated/α-hetero) is 1. The third kappa shape index (κ3) is 4.63. The van der Waals surface area contributed by atoms with Crippen LogP contribution in [0.25, 0.3) is 11.0 Å². The van der Waals surface area contributed by atoms with Crippen LogP contribution in [0.1, 0.15) is 51.4 Å². The van der Waals surface area contributed by atoms with E-state index in [0.29, 0.717) is 40.8 Å². The van der Waals surface area contributed by atoms with Gasteiger partial charge in [0.05, 0.1) is 23.8 Å². The number of furan rings is 1. The molecule has 2 heterocycles. The molecule has 0 bridgehead atoms. The summed E-state index contributed by atoms with van der Waals surface area (Å²) in [7, 11) is 0. The first-order chi connectivity index (χ1) is 18.3. The van der Waals surface area contributed by atoms with Gasteiger partial charge in [-0.15, -0.1) is 0 Å². The number of esters is 1. The Bertz CT molecular complexity index is 1600. The number of aliphatic hydroxyl groups is 1. The minimum Gasteiger partial charge on any atom is -0.503 e. The third-order valence-corrected chi connectivity index (χ3v) is 6.82. The molecule has 0 fully saturated rings. The summed E-state index contributed by atoms with van der Waals surface area (Å²) in [5.74, 6) is -2.40. The van der Waals surface area contributed by atoms with Crippen LogP contribution >= 0.6 is 15.9 Å². The van der Waals surface area contributed by atoms with Crippen LogP contribution in [0.3, 0.4) is 0 Å². The van der Waals surface area contributed by atoms with E-state index in [-0.39, 0.29) is 11.3 Å². The van der Waals surface area contributed by atoms with Gasteiger partial charge in [-0.3, -0.25) is 14.5 Å². The maximum Gasteiger partial charge on any atom is 0.338 e. The van der Waals surface area contributed by atoms with Crippen LogP contribution in [0.4, 0.5) is 5.69 Å². The van der Waals surface area contributed by atoms with Crippen LogP contribution in [0.5, 0.6) is 0 Å². The monoisotopic (exact) mass is 573 g/mol. The maximum atomic E-state index is 13.8. The number of aliphatic hydroxyl groups excluding tert-OH is 1. The van der Waals surface area contributed by atoms with Crippen molar-refractivity contribution >= 4 is 50.2 Å². The number of carbonyl (C=O) groups excluding carboxylic acids is 3. The minimum atomic E-state index is -0.909. The van der Waals surface area contributed by atoms with Crippen molar-refractivity contribution in [1.82, 2.24) is 0 Å². The highest BCUT2D eigenvalue weighted by atomic mass is 79.9. The van der Waals surface area contributed by atoms with Crippen molar-refractivity contribution in [3.8, 4) is 0 Å². The standard InChI is InChI=1S/C30H24BrNO6/c1-3-13-37-30(36)18-7-10-22(11-8-18)32-26(19-6-4-5-17(2)14-19)25(28(34)29(32)35)27(33)24-16-20-15-21(31)9-12-23(20)38-24/h4-12,14-16,26,34H,3,13H2,1-2H3. The third-order valence-electron chi connectivity index (χ3n) is 6.33. The molecule has 0 aliphatic carbocycles. The van der Waals surface area contributed by atoms with Gasteiger partial charge < -0.3 is 14.3 Å². The smallest absolute Gasteiger partial charge is 0.338 e. The molecule has 38 heavy (non-hydrogen) atoms. The number of ketones is 1. The number of nitrogens with zero attached hydrogens (tertiary/aromatic N) is 1. The average molecular weight is 574 g/mol. The number of halogens is 1. The Balaban J connectivity index is 1.57. The number of rotatable bonds is 7. The minimum absolute atomic E-state index is 0.0148. The predicted molar refractivity (Wildman–Crippen MR) is 146 cm³/mol. The van der Waals surface area contributed by atoms with Crippen molar-refractivity contribution in [1.29, 1.82) is 0 Å². The predicted octanol–water partition coefficient (Wildman–Crippen LogP) is 6.85. The van der Waals surface area contributed by atoms with E-state index in [1.54, 1.807) is 48.5 Å². The number of ether oxygens (including phenoxy) is 1. The van der Waals surface area contributed by atoms with Gasteiger partial charge in [0.25, 0.3) is 5.91 Å². The Morgan fingerprint density at radius 3 is 2.53 bits per heavy atom. The fourth-order valence-corrected chi connectivity index (χ4v) is 4.93. The van der Waals surface area contributed by atoms with E-state index >= 15 is 0 Å². The molecule has 5 rings (SSSR count). The first-order valence-corrected chi connectivity index (χ1v) is 12.9. The molecule has 8 heteroatoms. The molecule has 1 aliphatic rings. The summed E-state index contributed by atoms with van der Waals surface area (Å²) in [6.07, 6.45) is 0.703. The molecule has 192 valence electrons. The lowest BCUT2D eigenvalue weighted by molar-refractivity contribution is -0.117. The number of hydrogen-bond donors (Lipinski definition) is 1. The molecule has 1 aromatic heterocycles. The second kappa shape index (κ2) is 10.3. The van der Waals surface area contributed by atoms with Gasteiger partial charge in [-0.2, -0.15) is 0 Å². The Hall–Kier alpha value is -4.17. The van der Waals surface area contributed by atoms with Crippen molar-refractivity contribution in [3.63, 3.8) is 0 Å². The molecule has 1 atom stereocenters. The van der Waals surface area contributed by atoms with E-state index in [4.69, 9.17) is 9.15 Å². The van der Waals surface area contributed by atoms with Gasteiger partial charge in [-0.25, -0.2) is 4.79 Å². The number of carbonyl (C=O) groups is 3. The van der Waals surface area contributed by atoms with Crippen molar-refractivity contribution in [2.75, 3.05) is 11.5 Å². The SMILES string of the molecule is CCCOC(=O)c1ccc(N2C(=O)C(O)=C(C(=O)c3cc4cc(Br)ccc4o3)C2c2cccc(C)c2)cc1. The van der Waals surface area contributed by atoms with E-state index in [1.807, 2.05) is 38.1 Å². The van der Waals surface area contributed by atoms with Crippen molar-refractivity contribution in [2.45, 2.75) is 26.3 Å². The van der Waals surface area contributed by atoms with Gasteiger partial charge in [0.2, 0.25) is 5.78 Å². The van der Waals surface area contributed by atoms with Crippen LogP contribution in [0, 0.1) is 6.92 Å². The van der Waals surface area contributed by atoms with E-state index in [1.165, 1.54) is 4.90 Å². The summed E-state index contributed by atoms with van der Waals surface area (Å²) in [6.45, 7) is 4.12. The Morgan fingerprint density at radius 2 is 1.82 bits per heavy atom. The lowest BCUT2D eigenvalue weighted by Crippen LogP contribution is -2.31. The Morgan fingerprint density at radius 1 is 1.05 bits per heavy atom. The maximum absolute atomic E-state index is 13.8. The fraction of sp³-hybridized carbons (Fsp3) is 0.167. The second-order valence-electron chi connectivity index (χ2n) is 9.06. The molecular formula is C30H24BrNO6. The lowest BCUT2D eigenvalue weighted by Gasteiger charge is -2.27. The second-order valence-corrected chi connectivity index (χ2v) is 9.97. The normalized spacial score (nSPS) is 15.4. The van der Waals surface area contributed by atoms with Crippen LogP contribution in [0.15, 0.2) is 93.0 Å². The summed E-state index contributed by atoms with van der Waals surface area (Å²) < 4.78 is 11.8. The first-order valence-electron chi connectivity index (χ1n) is 12.1. The van der Waals surface area contributed by atoms with Gasteiger partial charge >= 0.3 is 5.97 Å². The van der Waals surface area contributed by atoms with Crippen LogP contribution in [-0.4, -0.2) is 29.4 Å². The topological polar surface area (TPSA) is 97.0 Å². The Kier molecular flexibility index (Phi) is 6.91. The lowest BCUT2D eigenvalue weighted by atomic mass is 9.93. The average Bonchev–Trinajstić information content (AvgIpc) is 3.45. The van der Waals surface area contributed by atoms with Crippen molar-refractivity contribution < 1.29 is 28.6 Å². The molecule has 1 aliphatic heterocycles. The van der Waals surface area contributed by atoms with Gasteiger partial charge in [0.1, 0.15) is 5.58 Å². The zero-order valence-corrected chi connectivity index (χ0v) is 22.3. The summed E-state index contributed by atoms with van der Waals surface area (Å²) in [5, 5.41) is 11.7. The molecule has 3 aromatic carbocycles. The summed E-state index contributed by atoms with van der Waals surface area (Å²) in [6, 6.07) is 19.8. The van der Waals surface area contributed by atoms with Crippen LogP contribution in [-0.2, 0) is 9.53 Å². The molecule has 0 saturated carbocycles. The van der Waals surface area contributed by atoms with E-state index in [0.717, 1.165) is 10.0 Å². The quantitative estimate of drug-likeness (QED) is 0.192. The largest absolute Gasteiger partial charge is 0.503 e. The van der Waals surface area contributed by atoms with E-state index in [2.05, 4.69) is 15.9 Å². The summed E-state index contributed by atoms with van der Waals surface area (Å²) in [4.78, 5) is 40.8. The zero-order chi connectivity index (χ0) is 27.0. The van der Waals surface area contributed by atoms with Gasteiger partial charge in [0, 0.05) is 15.5 Å². The Labute approximate surface area is 227 Å². The highest BCUT2D eigenvalue weighted by molar-refractivity contribution is 9.10. The molecule has 0 radical (unpaired) electrons. The number of hydrogen-bond acceptors (Lipinski definition) is 6. The molecule has 1 unspecified atom stereocenters. The van der Waals surface area contributed by atoms with E-state index in [9.17, 15) is 19.5 Å². The van der Waals surface area contributed by atoms with Crippen molar-refractivity contribution in [3.05, 3.63) is 111 Å². The molecular weight excluding hydrogens is 550 g/mol. The van der Waals surface area contributed by atoms with Gasteiger partial charge in [-0.05, 0) is 67.4 Å². The highest BCUT2D eigenvalue weighted by Gasteiger charge is 2.45. The molecule has 1 N–H and O–H groups in total. The summed E-state index contributed by atoms with van der Waals surface area (Å²) in [5.41, 5.74) is 2.76. The van der Waals surface area contributed by atoms with Crippen molar-refractivity contribution in [2.24, 2.45) is 0 Å². The zero-order valence-electron chi connectivity index (χ0n) is 20.7. The number of fused-ring (bicyclic) bond motifs is 1. The molecule has 0 spiro atoms. The van der Waals surface area contributed by atoms with E-state index < -0.39 is 29.5 Å². The molecule has 7 nitrogen and oxygen atoms in total. The fourth-order valence-electron chi connectivity index (χ4n) is 4.55. The number of anilines is 1. The number of amides is 1. The summed E-state index contributed by atoms with van der Waals surface area (Å²) >= 11 is 3.41. The molecule has 0 saturated heterocycles. The molecule has 1 amide bonds. The van der Waals surface area contributed by atoms with Crippen LogP contribution in [0.2, 0.25) is 0 Å². The van der Waals surface area contributed by atoms with Gasteiger partial charge in [0.15, 0.2) is 11.5 Å². The highest BCUT2D eigenvalue weighted by Crippen LogP contribution is 2.42. The number of benzene rings is 3. The van der Waals surface area contributed by atoms with Crippen LogP contribution < -0.4 is 4.90 Å². The first kappa shape index (κ1) is 25.5. The molecule has 4 aromatic rings. The van der Waals surface area contributed by atoms with Gasteiger partial charge in [-0.1, -0.05) is 52.7 Å². The number of aryl methyl sites for hydroxylation is 1.